The maximum absolute atomic E-state index is 12.5. The van der Waals surface area contributed by atoms with Gasteiger partial charge < -0.3 is 10.6 Å². The van der Waals surface area contributed by atoms with Gasteiger partial charge in [-0.2, -0.15) is 5.26 Å². The van der Waals surface area contributed by atoms with Crippen molar-refractivity contribution in [1.82, 2.24) is 10.2 Å². The summed E-state index contributed by atoms with van der Waals surface area (Å²) in [5.41, 5.74) is 0.644. The van der Waals surface area contributed by atoms with E-state index in [9.17, 15) is 4.79 Å². The maximum atomic E-state index is 12.5. The van der Waals surface area contributed by atoms with Crippen molar-refractivity contribution in [2.75, 3.05) is 31.5 Å². The number of nitrogens with one attached hydrogen (secondary N) is 2. The average Bonchev–Trinajstić information content (AvgIpc) is 2.48. The fraction of sp³-hybridized carbons (Fsp3) is 0.467. The minimum absolute atomic E-state index is 0.0468. The highest BCUT2D eigenvalue weighted by atomic mass is 16.2. The maximum Gasteiger partial charge on any atom is 0.244 e. The highest BCUT2D eigenvalue weighted by Crippen LogP contribution is 2.19. The number of carbonyl (C=O) groups is 1. The lowest BCUT2D eigenvalue weighted by Gasteiger charge is -2.39. The first-order valence-corrected chi connectivity index (χ1v) is 6.81. The van der Waals surface area contributed by atoms with Crippen LogP contribution in [0.5, 0.6) is 0 Å². The van der Waals surface area contributed by atoms with Gasteiger partial charge in [0.05, 0.1) is 17.2 Å². The number of carbonyl (C=O) groups excluding carboxylic acids is 1. The van der Waals surface area contributed by atoms with Crippen LogP contribution >= 0.6 is 0 Å². The largest absolute Gasteiger partial charge is 0.324 e. The smallest absolute Gasteiger partial charge is 0.244 e. The van der Waals surface area contributed by atoms with E-state index in [1.54, 1.807) is 24.3 Å². The van der Waals surface area contributed by atoms with Gasteiger partial charge in [0, 0.05) is 31.9 Å². The molecule has 2 N–H and O–H groups in total. The summed E-state index contributed by atoms with van der Waals surface area (Å²) in [6.45, 7) is 7.39. The van der Waals surface area contributed by atoms with Crippen molar-refractivity contribution >= 4 is 11.6 Å². The Balaban J connectivity index is 2.08. The fourth-order valence-corrected chi connectivity index (χ4v) is 2.32. The molecule has 106 valence electrons. The van der Waals surface area contributed by atoms with Crippen LogP contribution in [0.3, 0.4) is 0 Å². The SMILES string of the molecule is CC(C)(C(=O)Nc1cccc(C#N)c1)N1CCNCC1. The second-order valence-corrected chi connectivity index (χ2v) is 5.44. The second-order valence-electron chi connectivity index (χ2n) is 5.44. The summed E-state index contributed by atoms with van der Waals surface area (Å²) >= 11 is 0. The minimum Gasteiger partial charge on any atom is -0.324 e. The van der Waals surface area contributed by atoms with Crippen LogP contribution in [0.25, 0.3) is 0 Å². The molecule has 0 bridgehead atoms. The topological polar surface area (TPSA) is 68.2 Å². The summed E-state index contributed by atoms with van der Waals surface area (Å²) in [7, 11) is 0. The molecule has 0 radical (unpaired) electrons. The molecule has 1 aliphatic rings. The Hall–Kier alpha value is -1.90. The Morgan fingerprint density at radius 1 is 1.40 bits per heavy atom. The number of rotatable bonds is 3. The third-order valence-electron chi connectivity index (χ3n) is 3.71. The summed E-state index contributed by atoms with van der Waals surface area (Å²) < 4.78 is 0. The number of anilines is 1. The van der Waals surface area contributed by atoms with E-state index >= 15 is 0 Å². The molecule has 2 rings (SSSR count). The quantitative estimate of drug-likeness (QED) is 0.867. The molecular weight excluding hydrogens is 252 g/mol. The van der Waals surface area contributed by atoms with Crippen LogP contribution in [0.4, 0.5) is 5.69 Å². The molecule has 20 heavy (non-hydrogen) atoms. The summed E-state index contributed by atoms with van der Waals surface area (Å²) in [6, 6.07) is 9.05. The Bertz CT molecular complexity index is 527. The molecule has 1 aromatic rings. The standard InChI is InChI=1S/C15H20N4O/c1-15(2,19-8-6-17-7-9-19)14(20)18-13-5-3-4-12(10-13)11-16/h3-5,10,17H,6-9H2,1-2H3,(H,18,20). The Labute approximate surface area is 119 Å². The molecule has 0 unspecified atom stereocenters. The molecule has 0 spiro atoms. The van der Waals surface area contributed by atoms with Gasteiger partial charge in [-0.1, -0.05) is 6.07 Å². The molecule has 0 aliphatic carbocycles. The fourth-order valence-electron chi connectivity index (χ4n) is 2.32. The average molecular weight is 272 g/mol. The number of hydrogen-bond donors (Lipinski definition) is 2. The number of amides is 1. The van der Waals surface area contributed by atoms with E-state index in [2.05, 4.69) is 21.6 Å². The third-order valence-corrected chi connectivity index (χ3v) is 3.71. The first-order chi connectivity index (χ1) is 9.54. The van der Waals surface area contributed by atoms with Crippen molar-refractivity contribution in [3.8, 4) is 6.07 Å². The van der Waals surface area contributed by atoms with E-state index in [4.69, 9.17) is 5.26 Å². The number of hydrogen-bond acceptors (Lipinski definition) is 4. The first-order valence-electron chi connectivity index (χ1n) is 6.81. The highest BCUT2D eigenvalue weighted by Gasteiger charge is 2.35. The zero-order valence-electron chi connectivity index (χ0n) is 11.9. The predicted octanol–water partition coefficient (Wildman–Crippen LogP) is 1.18. The third kappa shape index (κ3) is 3.16. The van der Waals surface area contributed by atoms with Gasteiger partial charge in [0.2, 0.25) is 5.91 Å². The number of piperazine rings is 1. The minimum atomic E-state index is -0.565. The number of benzene rings is 1. The van der Waals surface area contributed by atoms with Crippen LogP contribution in [0.2, 0.25) is 0 Å². The van der Waals surface area contributed by atoms with Crippen LogP contribution < -0.4 is 10.6 Å². The molecule has 5 nitrogen and oxygen atoms in total. The van der Waals surface area contributed by atoms with Gasteiger partial charge in [-0.15, -0.1) is 0 Å². The van der Waals surface area contributed by atoms with E-state index in [0.717, 1.165) is 26.2 Å². The lowest BCUT2D eigenvalue weighted by atomic mass is 10.00. The van der Waals surface area contributed by atoms with Crippen LogP contribution in [0.15, 0.2) is 24.3 Å². The van der Waals surface area contributed by atoms with Crippen LogP contribution in [0, 0.1) is 11.3 Å². The molecule has 0 aromatic heterocycles. The molecule has 5 heteroatoms. The lowest BCUT2D eigenvalue weighted by molar-refractivity contribution is -0.126. The van der Waals surface area contributed by atoms with Gasteiger partial charge in [0.1, 0.15) is 0 Å². The van der Waals surface area contributed by atoms with Gasteiger partial charge in [0.25, 0.3) is 0 Å². The monoisotopic (exact) mass is 272 g/mol. The highest BCUT2D eigenvalue weighted by molar-refractivity contribution is 5.97. The Morgan fingerprint density at radius 2 is 2.10 bits per heavy atom. The zero-order chi connectivity index (χ0) is 14.6. The van der Waals surface area contributed by atoms with Gasteiger partial charge in [-0.05, 0) is 32.0 Å². The number of nitriles is 1. The Kier molecular flexibility index (Phi) is 4.38. The molecule has 0 saturated carbocycles. The van der Waals surface area contributed by atoms with Crippen molar-refractivity contribution in [2.45, 2.75) is 19.4 Å². The predicted molar refractivity (Wildman–Crippen MR) is 78.3 cm³/mol. The van der Waals surface area contributed by atoms with Gasteiger partial charge >= 0.3 is 0 Å². The molecule has 1 heterocycles. The van der Waals surface area contributed by atoms with Crippen LogP contribution in [-0.2, 0) is 4.79 Å². The van der Waals surface area contributed by atoms with Gasteiger partial charge in [-0.25, -0.2) is 0 Å². The lowest BCUT2D eigenvalue weighted by Crippen LogP contribution is -2.58. The van der Waals surface area contributed by atoms with Crippen molar-refractivity contribution < 1.29 is 4.79 Å². The van der Waals surface area contributed by atoms with E-state index in [1.807, 2.05) is 13.8 Å². The summed E-state index contributed by atoms with van der Waals surface area (Å²) in [6.07, 6.45) is 0. The summed E-state index contributed by atoms with van der Waals surface area (Å²) in [5, 5.41) is 15.1. The van der Waals surface area contributed by atoms with E-state index in [1.165, 1.54) is 0 Å². The first kappa shape index (κ1) is 14.5. The van der Waals surface area contributed by atoms with Crippen molar-refractivity contribution in [3.05, 3.63) is 29.8 Å². The van der Waals surface area contributed by atoms with E-state index < -0.39 is 5.54 Å². The Morgan fingerprint density at radius 3 is 2.75 bits per heavy atom. The van der Waals surface area contributed by atoms with Gasteiger partial charge in [-0.3, -0.25) is 9.69 Å². The van der Waals surface area contributed by atoms with E-state index in [-0.39, 0.29) is 5.91 Å². The van der Waals surface area contributed by atoms with Crippen LogP contribution in [0.1, 0.15) is 19.4 Å². The van der Waals surface area contributed by atoms with Crippen molar-refractivity contribution in [3.63, 3.8) is 0 Å². The normalized spacial score (nSPS) is 16.4. The molecule has 1 fully saturated rings. The van der Waals surface area contributed by atoms with E-state index in [0.29, 0.717) is 11.3 Å². The summed E-state index contributed by atoms with van der Waals surface area (Å²) in [5.74, 6) is -0.0468. The summed E-state index contributed by atoms with van der Waals surface area (Å²) in [4.78, 5) is 14.7. The molecule has 1 amide bonds. The number of nitrogens with zero attached hydrogens (tertiary/aromatic N) is 2. The molecular formula is C15H20N4O. The van der Waals surface area contributed by atoms with Crippen molar-refractivity contribution in [2.24, 2.45) is 0 Å². The zero-order valence-corrected chi connectivity index (χ0v) is 11.9. The van der Waals surface area contributed by atoms with Crippen LogP contribution in [-0.4, -0.2) is 42.5 Å². The van der Waals surface area contributed by atoms with Crippen molar-refractivity contribution in [1.29, 1.82) is 5.26 Å². The molecule has 1 aliphatic heterocycles. The molecule has 0 atom stereocenters. The van der Waals surface area contributed by atoms with Gasteiger partial charge in [0.15, 0.2) is 0 Å². The second kappa shape index (κ2) is 6.04. The molecule has 1 aromatic carbocycles. The molecule has 1 saturated heterocycles.